The summed E-state index contributed by atoms with van der Waals surface area (Å²) in [6.45, 7) is 6.49. The Morgan fingerprint density at radius 1 is 1.15 bits per heavy atom. The molecule has 1 aliphatic rings. The molecule has 4 aromatic rings. The molecule has 0 aliphatic carbocycles. The predicted octanol–water partition coefficient (Wildman–Crippen LogP) is 3.10. The van der Waals surface area contributed by atoms with Crippen LogP contribution in [0.2, 0.25) is 0 Å². The molecule has 0 bridgehead atoms. The summed E-state index contributed by atoms with van der Waals surface area (Å²) in [7, 11) is 0. The molecule has 1 aliphatic heterocycles. The minimum absolute atomic E-state index is 0.00558. The number of nitrogens with one attached hydrogen (secondary N) is 2. The normalized spacial score (nSPS) is 19.5. The van der Waals surface area contributed by atoms with Gasteiger partial charge in [-0.2, -0.15) is 9.61 Å². The van der Waals surface area contributed by atoms with Crippen molar-refractivity contribution in [3.8, 4) is 11.3 Å². The van der Waals surface area contributed by atoms with Crippen LogP contribution in [0.25, 0.3) is 16.8 Å². The second-order valence-electron chi connectivity index (χ2n) is 10.1. The highest BCUT2D eigenvalue weighted by Gasteiger charge is 2.32. The van der Waals surface area contributed by atoms with E-state index in [1.807, 2.05) is 13.0 Å². The molecule has 12 heteroatoms. The lowest BCUT2D eigenvalue weighted by Gasteiger charge is -2.40. The zero-order valence-corrected chi connectivity index (χ0v) is 21.8. The number of aliphatic hydroxyl groups excluding tert-OH is 1. The van der Waals surface area contributed by atoms with E-state index in [0.29, 0.717) is 30.2 Å². The Kier molecular flexibility index (Phi) is 7.15. The first-order valence-electron chi connectivity index (χ1n) is 12.7. The van der Waals surface area contributed by atoms with Crippen molar-refractivity contribution in [3.63, 3.8) is 0 Å². The standard InChI is InChI=1S/C27H30F2N8O2/c1-14(2)33-26(39)17-5-6-18(28)23(24(17)29)20-7-4-16-10-32-27(37(16)35-20)34-21-11-31-9-8-22(21)36-12-15(3)25(38)19(30)13-36/h4-11,14-15,19,25,38H,12-13,30H2,1-3H3,(H,32,34)(H,33,39)/t15-,19+,25+/m0/s1. The predicted molar refractivity (Wildman–Crippen MR) is 144 cm³/mol. The first-order chi connectivity index (χ1) is 18.6. The summed E-state index contributed by atoms with van der Waals surface area (Å²) in [5.41, 5.74) is 7.49. The Balaban J connectivity index is 1.51. The maximum Gasteiger partial charge on any atom is 0.254 e. The topological polar surface area (TPSA) is 134 Å². The second kappa shape index (κ2) is 10.5. The molecule has 39 heavy (non-hydrogen) atoms. The molecule has 5 N–H and O–H groups in total. The number of nitrogens with zero attached hydrogens (tertiary/aromatic N) is 5. The first-order valence-corrected chi connectivity index (χ1v) is 12.7. The van der Waals surface area contributed by atoms with Crippen LogP contribution in [0.4, 0.5) is 26.1 Å². The number of benzene rings is 1. The van der Waals surface area contributed by atoms with E-state index in [1.54, 1.807) is 38.5 Å². The Hall–Kier alpha value is -4.16. The fourth-order valence-electron chi connectivity index (χ4n) is 4.80. The van der Waals surface area contributed by atoms with Crippen LogP contribution in [-0.4, -0.2) is 61.9 Å². The largest absolute Gasteiger partial charge is 0.391 e. The summed E-state index contributed by atoms with van der Waals surface area (Å²) in [5, 5.41) is 20.6. The zero-order chi connectivity index (χ0) is 27.8. The summed E-state index contributed by atoms with van der Waals surface area (Å²) < 4.78 is 31.7. The Bertz CT molecular complexity index is 1510. The van der Waals surface area contributed by atoms with E-state index in [1.165, 1.54) is 10.6 Å². The van der Waals surface area contributed by atoms with Crippen molar-refractivity contribution in [2.45, 2.75) is 39.0 Å². The van der Waals surface area contributed by atoms with Crippen molar-refractivity contribution in [2.24, 2.45) is 11.7 Å². The number of carbonyl (C=O) groups excluding carboxylic acids is 1. The van der Waals surface area contributed by atoms with Gasteiger partial charge in [-0.3, -0.25) is 9.78 Å². The first kappa shape index (κ1) is 26.4. The summed E-state index contributed by atoms with van der Waals surface area (Å²) in [6, 6.07) is 6.49. The molecular formula is C27H30F2N8O2. The number of aromatic nitrogens is 4. The molecule has 1 amide bonds. The van der Waals surface area contributed by atoms with Crippen LogP contribution in [0.5, 0.6) is 0 Å². The van der Waals surface area contributed by atoms with Crippen molar-refractivity contribution in [3.05, 3.63) is 66.1 Å². The number of amides is 1. The third kappa shape index (κ3) is 5.12. The average Bonchev–Trinajstić information content (AvgIpc) is 3.29. The van der Waals surface area contributed by atoms with E-state index in [9.17, 15) is 14.3 Å². The third-order valence-corrected chi connectivity index (χ3v) is 6.74. The van der Waals surface area contributed by atoms with Gasteiger partial charge in [-0.05, 0) is 44.2 Å². The molecule has 0 radical (unpaired) electrons. The van der Waals surface area contributed by atoms with Crippen LogP contribution in [0, 0.1) is 17.6 Å². The molecule has 0 unspecified atom stereocenters. The van der Waals surface area contributed by atoms with E-state index in [0.717, 1.165) is 17.8 Å². The van der Waals surface area contributed by atoms with Gasteiger partial charge < -0.3 is 26.4 Å². The number of rotatable bonds is 6. The number of piperidine rings is 1. The number of aliphatic hydroxyl groups is 1. The number of hydrogen-bond acceptors (Lipinski definition) is 8. The molecule has 3 aromatic heterocycles. The molecule has 204 valence electrons. The van der Waals surface area contributed by atoms with Gasteiger partial charge in [-0.1, -0.05) is 6.92 Å². The molecule has 4 heterocycles. The summed E-state index contributed by atoms with van der Waals surface area (Å²) in [5.74, 6) is -2.22. The minimum Gasteiger partial charge on any atom is -0.391 e. The smallest absolute Gasteiger partial charge is 0.254 e. The molecule has 3 atom stereocenters. The van der Waals surface area contributed by atoms with Crippen molar-refractivity contribution in [1.29, 1.82) is 0 Å². The average molecular weight is 537 g/mol. The van der Waals surface area contributed by atoms with Crippen LogP contribution in [-0.2, 0) is 0 Å². The van der Waals surface area contributed by atoms with Gasteiger partial charge in [0.05, 0.1) is 52.2 Å². The molecule has 5 rings (SSSR count). The quantitative estimate of drug-likeness (QED) is 0.296. The summed E-state index contributed by atoms with van der Waals surface area (Å²) in [6.07, 6.45) is 4.28. The number of fused-ring (bicyclic) bond motifs is 1. The van der Waals surface area contributed by atoms with Gasteiger partial charge in [0.25, 0.3) is 5.91 Å². The summed E-state index contributed by atoms with van der Waals surface area (Å²) in [4.78, 5) is 23.2. The monoisotopic (exact) mass is 536 g/mol. The van der Waals surface area contributed by atoms with Gasteiger partial charge in [0, 0.05) is 37.3 Å². The molecule has 1 saturated heterocycles. The van der Waals surface area contributed by atoms with Gasteiger partial charge >= 0.3 is 0 Å². The molecule has 1 aromatic carbocycles. The van der Waals surface area contributed by atoms with Crippen LogP contribution in [0.15, 0.2) is 48.9 Å². The molecule has 10 nitrogen and oxygen atoms in total. The Morgan fingerprint density at radius 3 is 2.69 bits per heavy atom. The van der Waals surface area contributed by atoms with Crippen molar-refractivity contribution < 1.29 is 18.7 Å². The number of pyridine rings is 1. The van der Waals surface area contributed by atoms with E-state index in [-0.39, 0.29) is 23.2 Å². The number of nitrogens with two attached hydrogens (primary N) is 1. The van der Waals surface area contributed by atoms with Crippen molar-refractivity contribution >= 4 is 28.7 Å². The third-order valence-electron chi connectivity index (χ3n) is 6.74. The molecular weight excluding hydrogens is 506 g/mol. The van der Waals surface area contributed by atoms with E-state index in [2.05, 4.69) is 30.6 Å². The number of carbonyl (C=O) groups is 1. The molecule has 0 spiro atoms. The van der Waals surface area contributed by atoms with Gasteiger partial charge in [-0.25, -0.2) is 13.8 Å². The van der Waals surface area contributed by atoms with Crippen LogP contribution in [0.1, 0.15) is 31.1 Å². The van der Waals surface area contributed by atoms with Gasteiger partial charge in [0.2, 0.25) is 5.95 Å². The number of hydrogen-bond donors (Lipinski definition) is 4. The van der Waals surface area contributed by atoms with Crippen LogP contribution >= 0.6 is 0 Å². The number of imidazole rings is 1. The molecule has 0 saturated carbocycles. The highest BCUT2D eigenvalue weighted by Crippen LogP contribution is 2.32. The lowest BCUT2D eigenvalue weighted by molar-refractivity contribution is 0.0785. The van der Waals surface area contributed by atoms with E-state index >= 15 is 4.39 Å². The summed E-state index contributed by atoms with van der Waals surface area (Å²) >= 11 is 0. The van der Waals surface area contributed by atoms with Gasteiger partial charge in [-0.15, -0.1) is 0 Å². The zero-order valence-electron chi connectivity index (χ0n) is 21.8. The fraction of sp³-hybridized carbons (Fsp3) is 0.333. The maximum atomic E-state index is 15.4. The van der Waals surface area contributed by atoms with Gasteiger partial charge in [0.1, 0.15) is 11.6 Å². The highest BCUT2D eigenvalue weighted by atomic mass is 19.1. The Labute approximate surface area is 223 Å². The Morgan fingerprint density at radius 2 is 1.95 bits per heavy atom. The minimum atomic E-state index is -0.998. The highest BCUT2D eigenvalue weighted by molar-refractivity contribution is 5.96. The maximum absolute atomic E-state index is 15.4. The van der Waals surface area contributed by atoms with Crippen LogP contribution in [0.3, 0.4) is 0 Å². The van der Waals surface area contributed by atoms with E-state index in [4.69, 9.17) is 5.73 Å². The lowest BCUT2D eigenvalue weighted by Crippen LogP contribution is -2.55. The van der Waals surface area contributed by atoms with E-state index < -0.39 is 35.3 Å². The van der Waals surface area contributed by atoms with Crippen molar-refractivity contribution in [2.75, 3.05) is 23.3 Å². The molecule has 1 fully saturated rings. The van der Waals surface area contributed by atoms with Gasteiger partial charge in [0.15, 0.2) is 0 Å². The fourth-order valence-corrected chi connectivity index (χ4v) is 4.80. The second-order valence-corrected chi connectivity index (χ2v) is 10.1. The number of halogens is 2. The SMILES string of the molecule is CC(C)NC(=O)c1ccc(F)c(-c2ccc3cnc(Nc4cnccc4N4C[C@@H](N)[C@H](O)[C@@H](C)C4)n3n2)c1F. The van der Waals surface area contributed by atoms with Crippen LogP contribution < -0.4 is 21.3 Å². The van der Waals surface area contributed by atoms with Crippen molar-refractivity contribution in [1.82, 2.24) is 24.9 Å². The lowest BCUT2D eigenvalue weighted by atomic mass is 9.92. The number of anilines is 3.